The molecule has 1 aliphatic rings. The zero-order valence-electron chi connectivity index (χ0n) is 18.3. The standard InChI is InChI=1S/C24H26FN5O2/c1-4-16(13-21(31)29-17-5-6-17)11-14(2)28-24-26-10-9-22(30-24)32-20-8-7-19-18(23(20)25)12-15(3)27-19/h4,7-12,17,27H,5-6,13H2,1-3H3,(H,29,31)(H,26,28,30)/b14-11+,16-4+. The maximum absolute atomic E-state index is 14.8. The molecule has 1 saturated carbocycles. The van der Waals surface area contributed by atoms with E-state index >= 15 is 0 Å². The van der Waals surface area contributed by atoms with Crippen LogP contribution in [0.25, 0.3) is 10.9 Å². The summed E-state index contributed by atoms with van der Waals surface area (Å²) in [6.07, 6.45) is 7.76. The molecule has 0 saturated heterocycles. The first-order valence-corrected chi connectivity index (χ1v) is 10.6. The van der Waals surface area contributed by atoms with Gasteiger partial charge in [-0.25, -0.2) is 9.37 Å². The number of aryl methyl sites for hydroxylation is 1. The third kappa shape index (κ3) is 5.32. The van der Waals surface area contributed by atoms with Crippen LogP contribution in [0, 0.1) is 12.7 Å². The van der Waals surface area contributed by atoms with Crippen LogP contribution in [0.2, 0.25) is 0 Å². The minimum absolute atomic E-state index is 0.0212. The molecule has 7 nitrogen and oxygen atoms in total. The van der Waals surface area contributed by atoms with E-state index in [-0.39, 0.29) is 17.5 Å². The Kier molecular flexibility index (Phi) is 6.20. The minimum Gasteiger partial charge on any atom is -0.436 e. The Balaban J connectivity index is 1.43. The maximum atomic E-state index is 14.8. The van der Waals surface area contributed by atoms with Gasteiger partial charge in [-0.3, -0.25) is 4.79 Å². The van der Waals surface area contributed by atoms with Crippen molar-refractivity contribution < 1.29 is 13.9 Å². The summed E-state index contributed by atoms with van der Waals surface area (Å²) < 4.78 is 20.5. The van der Waals surface area contributed by atoms with E-state index in [1.807, 2.05) is 32.9 Å². The van der Waals surface area contributed by atoms with Crippen molar-refractivity contribution in [3.8, 4) is 11.6 Å². The maximum Gasteiger partial charge on any atom is 0.230 e. The number of rotatable bonds is 8. The van der Waals surface area contributed by atoms with Gasteiger partial charge < -0.3 is 20.4 Å². The van der Waals surface area contributed by atoms with Gasteiger partial charge in [0.1, 0.15) is 0 Å². The number of nitrogens with zero attached hydrogens (tertiary/aromatic N) is 2. The molecule has 166 valence electrons. The van der Waals surface area contributed by atoms with Crippen molar-refractivity contribution in [2.24, 2.45) is 0 Å². The normalized spacial score (nSPS) is 14.5. The molecule has 1 aromatic carbocycles. The molecule has 0 radical (unpaired) electrons. The van der Waals surface area contributed by atoms with Gasteiger partial charge in [0.25, 0.3) is 0 Å². The summed E-state index contributed by atoms with van der Waals surface area (Å²) in [5.41, 5.74) is 3.24. The van der Waals surface area contributed by atoms with Gasteiger partial charge in [-0.05, 0) is 63.5 Å². The average molecular weight is 436 g/mol. The van der Waals surface area contributed by atoms with Crippen LogP contribution in [0.1, 0.15) is 38.8 Å². The first-order chi connectivity index (χ1) is 15.4. The third-order valence-corrected chi connectivity index (χ3v) is 5.07. The second kappa shape index (κ2) is 9.21. The molecule has 0 atom stereocenters. The predicted molar refractivity (Wildman–Crippen MR) is 122 cm³/mol. The highest BCUT2D eigenvalue weighted by Crippen LogP contribution is 2.30. The molecular weight excluding hydrogens is 409 g/mol. The van der Waals surface area contributed by atoms with Crippen molar-refractivity contribution in [2.75, 3.05) is 5.32 Å². The van der Waals surface area contributed by atoms with Gasteiger partial charge in [0.15, 0.2) is 11.6 Å². The van der Waals surface area contributed by atoms with E-state index in [1.54, 1.807) is 24.3 Å². The van der Waals surface area contributed by atoms with Crippen LogP contribution in [0.15, 0.2) is 53.9 Å². The lowest BCUT2D eigenvalue weighted by Gasteiger charge is -2.10. The van der Waals surface area contributed by atoms with Crippen molar-refractivity contribution >= 4 is 22.8 Å². The summed E-state index contributed by atoms with van der Waals surface area (Å²) in [5, 5.41) is 6.55. The quantitative estimate of drug-likeness (QED) is 0.427. The minimum atomic E-state index is -0.446. The number of nitrogens with one attached hydrogen (secondary N) is 3. The summed E-state index contributed by atoms with van der Waals surface area (Å²) in [5.74, 6) is 0.196. The third-order valence-electron chi connectivity index (χ3n) is 5.07. The molecule has 2 aromatic heterocycles. The van der Waals surface area contributed by atoms with Gasteiger partial charge in [-0.2, -0.15) is 4.98 Å². The molecule has 1 amide bonds. The lowest BCUT2D eigenvalue weighted by atomic mass is 10.1. The molecule has 0 spiro atoms. The fourth-order valence-corrected chi connectivity index (χ4v) is 3.36. The van der Waals surface area contributed by atoms with Gasteiger partial charge in [-0.15, -0.1) is 0 Å². The van der Waals surface area contributed by atoms with Crippen LogP contribution >= 0.6 is 0 Å². The number of allylic oxidation sites excluding steroid dienone is 3. The van der Waals surface area contributed by atoms with E-state index in [1.165, 1.54) is 6.20 Å². The first kappa shape index (κ1) is 21.5. The molecule has 2 heterocycles. The molecule has 32 heavy (non-hydrogen) atoms. The number of hydrogen-bond donors (Lipinski definition) is 3. The molecule has 0 unspecified atom stereocenters. The fourth-order valence-electron chi connectivity index (χ4n) is 3.36. The molecule has 0 aliphatic heterocycles. The second-order valence-corrected chi connectivity index (χ2v) is 7.95. The predicted octanol–water partition coefficient (Wildman–Crippen LogP) is 5.13. The number of aromatic amines is 1. The number of fused-ring (bicyclic) bond motifs is 1. The summed E-state index contributed by atoms with van der Waals surface area (Å²) in [6, 6.07) is 6.98. The number of anilines is 1. The second-order valence-electron chi connectivity index (χ2n) is 7.95. The highest BCUT2D eigenvalue weighted by Gasteiger charge is 2.23. The largest absolute Gasteiger partial charge is 0.436 e. The van der Waals surface area contributed by atoms with Crippen LogP contribution in [-0.2, 0) is 4.79 Å². The number of hydrogen-bond acceptors (Lipinski definition) is 5. The SMILES string of the molecule is C/C=C(\C=C(/C)Nc1nccc(Oc2ccc3[nH]c(C)cc3c2F)n1)CC(=O)NC1CC1. The number of amides is 1. The van der Waals surface area contributed by atoms with Gasteiger partial charge >= 0.3 is 0 Å². The molecule has 0 bridgehead atoms. The monoisotopic (exact) mass is 435 g/mol. The Morgan fingerprint density at radius 3 is 2.91 bits per heavy atom. The van der Waals surface area contributed by atoms with E-state index in [9.17, 15) is 9.18 Å². The van der Waals surface area contributed by atoms with Crippen LogP contribution in [-0.4, -0.2) is 26.9 Å². The zero-order valence-corrected chi connectivity index (χ0v) is 18.3. The number of aromatic nitrogens is 3. The first-order valence-electron chi connectivity index (χ1n) is 10.6. The van der Waals surface area contributed by atoms with Gasteiger partial charge in [-0.1, -0.05) is 6.08 Å². The fraction of sp³-hybridized carbons (Fsp3) is 0.292. The molecule has 1 aliphatic carbocycles. The number of carbonyl (C=O) groups is 1. The lowest BCUT2D eigenvalue weighted by Crippen LogP contribution is -2.25. The van der Waals surface area contributed by atoms with Crippen molar-refractivity contribution in [2.45, 2.75) is 46.1 Å². The van der Waals surface area contributed by atoms with E-state index in [0.717, 1.165) is 29.8 Å². The van der Waals surface area contributed by atoms with Crippen LogP contribution in [0.4, 0.5) is 10.3 Å². The van der Waals surface area contributed by atoms with E-state index < -0.39 is 5.82 Å². The van der Waals surface area contributed by atoms with Crippen LogP contribution < -0.4 is 15.4 Å². The van der Waals surface area contributed by atoms with Crippen molar-refractivity contribution in [1.82, 2.24) is 20.3 Å². The molecule has 4 rings (SSSR count). The van der Waals surface area contributed by atoms with Crippen molar-refractivity contribution in [3.05, 3.63) is 65.4 Å². The molecule has 3 aromatic rings. The Bertz CT molecular complexity index is 1210. The summed E-state index contributed by atoms with van der Waals surface area (Å²) in [4.78, 5) is 23.7. The van der Waals surface area contributed by atoms with Gasteiger partial charge in [0.2, 0.25) is 17.7 Å². The summed E-state index contributed by atoms with van der Waals surface area (Å²) in [6.45, 7) is 5.63. The van der Waals surface area contributed by atoms with Gasteiger partial charge in [0.05, 0.1) is 6.42 Å². The lowest BCUT2D eigenvalue weighted by molar-refractivity contribution is -0.120. The Morgan fingerprint density at radius 1 is 1.34 bits per heavy atom. The number of halogens is 1. The van der Waals surface area contributed by atoms with E-state index in [2.05, 4.69) is 25.6 Å². The van der Waals surface area contributed by atoms with Gasteiger partial charge in [0, 0.05) is 40.6 Å². The molecule has 1 fully saturated rings. The molecular formula is C24H26FN5O2. The topological polar surface area (TPSA) is 91.9 Å². The van der Waals surface area contributed by atoms with Crippen LogP contribution in [0.3, 0.4) is 0 Å². The van der Waals surface area contributed by atoms with Crippen LogP contribution in [0.5, 0.6) is 11.6 Å². The smallest absolute Gasteiger partial charge is 0.230 e. The Hall–Kier alpha value is -3.68. The van der Waals surface area contributed by atoms with Crippen molar-refractivity contribution in [1.29, 1.82) is 0 Å². The molecule has 3 N–H and O–H groups in total. The average Bonchev–Trinajstić information content (AvgIpc) is 3.47. The molecule has 8 heteroatoms. The number of benzene rings is 1. The number of H-pyrrole nitrogens is 1. The van der Waals surface area contributed by atoms with E-state index in [0.29, 0.717) is 29.3 Å². The number of carbonyl (C=O) groups excluding carboxylic acids is 1. The van der Waals surface area contributed by atoms with Crippen molar-refractivity contribution in [3.63, 3.8) is 0 Å². The summed E-state index contributed by atoms with van der Waals surface area (Å²) >= 11 is 0. The zero-order chi connectivity index (χ0) is 22.7. The highest BCUT2D eigenvalue weighted by atomic mass is 19.1. The Morgan fingerprint density at radius 2 is 2.16 bits per heavy atom. The number of ether oxygens (including phenoxy) is 1. The Labute approximate surface area is 185 Å². The van der Waals surface area contributed by atoms with E-state index in [4.69, 9.17) is 4.74 Å². The highest BCUT2D eigenvalue weighted by molar-refractivity contribution is 5.83. The summed E-state index contributed by atoms with van der Waals surface area (Å²) in [7, 11) is 0.